The first-order chi connectivity index (χ1) is 9.43. The number of amidine groups is 1. The third-order valence-corrected chi connectivity index (χ3v) is 4.50. The molecule has 0 N–H and O–H groups in total. The molecule has 2 aromatic heterocycles. The van der Waals surface area contributed by atoms with Crippen molar-refractivity contribution in [3.05, 3.63) is 54.2 Å². The topological polar surface area (TPSA) is 41.6 Å². The lowest BCUT2D eigenvalue weighted by atomic mass is 10.0. The average molecular weight is 271 g/mol. The lowest BCUT2D eigenvalue weighted by Crippen LogP contribution is -2.27. The molecule has 0 spiro atoms. The zero-order chi connectivity index (χ0) is 12.7. The SMILES string of the molecule is c1ccc([C@@H]2N=C3SCCN3[C@H]2c2ccco2)nc1. The monoisotopic (exact) mass is 271 g/mol. The van der Waals surface area contributed by atoms with Gasteiger partial charge in [-0.3, -0.25) is 4.98 Å². The number of nitrogens with zero attached hydrogens (tertiary/aromatic N) is 3. The number of hydrogen-bond donors (Lipinski definition) is 0. The van der Waals surface area contributed by atoms with Crippen molar-refractivity contribution in [3.63, 3.8) is 0 Å². The van der Waals surface area contributed by atoms with Gasteiger partial charge >= 0.3 is 0 Å². The predicted molar refractivity (Wildman–Crippen MR) is 75.0 cm³/mol. The molecule has 2 aliphatic rings. The van der Waals surface area contributed by atoms with E-state index in [-0.39, 0.29) is 12.1 Å². The third kappa shape index (κ3) is 1.76. The lowest BCUT2D eigenvalue weighted by molar-refractivity contribution is 0.282. The van der Waals surface area contributed by atoms with E-state index in [0.717, 1.165) is 28.9 Å². The van der Waals surface area contributed by atoms with Gasteiger partial charge in [0.05, 0.1) is 12.0 Å². The predicted octanol–water partition coefficient (Wildman–Crippen LogP) is 2.88. The van der Waals surface area contributed by atoms with E-state index in [1.165, 1.54) is 0 Å². The Hall–Kier alpha value is -1.75. The van der Waals surface area contributed by atoms with Gasteiger partial charge in [-0.25, -0.2) is 4.99 Å². The summed E-state index contributed by atoms with van der Waals surface area (Å²) < 4.78 is 5.63. The molecule has 4 nitrogen and oxygen atoms in total. The largest absolute Gasteiger partial charge is 0.467 e. The van der Waals surface area contributed by atoms with Crippen LogP contribution in [0.25, 0.3) is 0 Å². The Morgan fingerprint density at radius 1 is 1.26 bits per heavy atom. The second kappa shape index (κ2) is 4.42. The number of aromatic nitrogens is 1. The Morgan fingerprint density at radius 2 is 2.26 bits per heavy atom. The lowest BCUT2D eigenvalue weighted by Gasteiger charge is -2.24. The van der Waals surface area contributed by atoms with Crippen molar-refractivity contribution < 1.29 is 4.42 Å². The minimum Gasteiger partial charge on any atom is -0.467 e. The van der Waals surface area contributed by atoms with E-state index in [1.54, 1.807) is 6.26 Å². The van der Waals surface area contributed by atoms with Crippen LogP contribution < -0.4 is 0 Å². The maximum atomic E-state index is 5.63. The Morgan fingerprint density at radius 3 is 3.05 bits per heavy atom. The highest BCUT2D eigenvalue weighted by atomic mass is 32.2. The van der Waals surface area contributed by atoms with Crippen LogP contribution in [0.15, 0.2) is 52.2 Å². The normalized spacial score (nSPS) is 25.5. The second-order valence-electron chi connectivity index (χ2n) is 4.61. The van der Waals surface area contributed by atoms with Crippen molar-refractivity contribution in [3.8, 4) is 0 Å². The molecule has 4 rings (SSSR count). The van der Waals surface area contributed by atoms with Gasteiger partial charge < -0.3 is 9.32 Å². The Kier molecular flexibility index (Phi) is 2.58. The van der Waals surface area contributed by atoms with Crippen LogP contribution in [-0.4, -0.2) is 27.3 Å². The molecular formula is C14H13N3OS. The molecule has 2 aromatic rings. The maximum absolute atomic E-state index is 5.63. The minimum absolute atomic E-state index is 0.0372. The molecule has 1 fully saturated rings. The standard InChI is InChI=1S/C14H13N3OS/c1-2-6-15-10(4-1)12-13(11-5-3-8-18-11)17-7-9-19-14(17)16-12/h1-6,8,12-13H,7,9H2/t12-,13-/m0/s1. The van der Waals surface area contributed by atoms with Crippen LogP contribution >= 0.6 is 11.8 Å². The van der Waals surface area contributed by atoms with E-state index in [2.05, 4.69) is 9.88 Å². The van der Waals surface area contributed by atoms with Crippen LogP contribution in [0, 0.1) is 0 Å². The zero-order valence-corrected chi connectivity index (χ0v) is 11.1. The molecule has 1 saturated heterocycles. The highest BCUT2D eigenvalue weighted by Gasteiger charge is 2.42. The Bertz CT molecular complexity index is 596. The van der Waals surface area contributed by atoms with Crippen LogP contribution in [0.3, 0.4) is 0 Å². The molecule has 4 heterocycles. The molecule has 0 aliphatic carbocycles. The molecule has 5 heteroatoms. The van der Waals surface area contributed by atoms with Crippen molar-refractivity contribution in [2.45, 2.75) is 12.1 Å². The number of furan rings is 1. The number of rotatable bonds is 2. The number of thioether (sulfide) groups is 1. The molecule has 0 bridgehead atoms. The van der Waals surface area contributed by atoms with Gasteiger partial charge in [0.15, 0.2) is 5.17 Å². The van der Waals surface area contributed by atoms with E-state index in [4.69, 9.17) is 9.41 Å². The maximum Gasteiger partial charge on any atom is 0.160 e. The molecular weight excluding hydrogens is 258 g/mol. The van der Waals surface area contributed by atoms with Crippen LogP contribution in [0.2, 0.25) is 0 Å². The average Bonchev–Trinajstić information content (AvgIpc) is 3.15. The summed E-state index contributed by atoms with van der Waals surface area (Å²) in [5, 5.41) is 1.12. The summed E-state index contributed by atoms with van der Waals surface area (Å²) in [5.74, 6) is 2.07. The highest BCUT2D eigenvalue weighted by Crippen LogP contribution is 2.45. The van der Waals surface area contributed by atoms with Gasteiger partial charge in [-0.05, 0) is 24.3 Å². The number of hydrogen-bond acceptors (Lipinski definition) is 5. The molecule has 0 saturated carbocycles. The fraction of sp³-hybridized carbons (Fsp3) is 0.286. The zero-order valence-electron chi connectivity index (χ0n) is 10.3. The van der Waals surface area contributed by atoms with Gasteiger partial charge in [0, 0.05) is 18.5 Å². The van der Waals surface area contributed by atoms with Crippen LogP contribution in [0.4, 0.5) is 0 Å². The van der Waals surface area contributed by atoms with Gasteiger partial charge in [0.1, 0.15) is 17.8 Å². The molecule has 2 aliphatic heterocycles. The summed E-state index contributed by atoms with van der Waals surface area (Å²) >= 11 is 1.82. The van der Waals surface area contributed by atoms with Gasteiger partial charge in [0.25, 0.3) is 0 Å². The fourth-order valence-corrected chi connectivity index (χ4v) is 3.72. The van der Waals surface area contributed by atoms with E-state index in [1.807, 2.05) is 48.3 Å². The number of fused-ring (bicyclic) bond motifs is 1. The number of pyridine rings is 1. The first-order valence-electron chi connectivity index (χ1n) is 6.35. The molecule has 0 aromatic carbocycles. The van der Waals surface area contributed by atoms with Gasteiger partial charge in [-0.15, -0.1) is 0 Å². The van der Waals surface area contributed by atoms with Gasteiger partial charge in [0.2, 0.25) is 0 Å². The Balaban J connectivity index is 1.78. The van der Waals surface area contributed by atoms with Crippen LogP contribution in [0.1, 0.15) is 23.5 Å². The first kappa shape index (κ1) is 11.1. The van der Waals surface area contributed by atoms with Gasteiger partial charge in [-0.1, -0.05) is 17.8 Å². The summed E-state index contributed by atoms with van der Waals surface area (Å²) in [6, 6.07) is 10.1. The minimum atomic E-state index is 0.0372. The smallest absolute Gasteiger partial charge is 0.160 e. The molecule has 96 valence electrons. The molecule has 0 amide bonds. The molecule has 2 atom stereocenters. The fourth-order valence-electron chi connectivity index (χ4n) is 2.69. The first-order valence-corrected chi connectivity index (χ1v) is 7.33. The summed E-state index contributed by atoms with van der Waals surface area (Å²) in [6.07, 6.45) is 3.55. The molecule has 0 unspecified atom stereocenters. The van der Waals surface area contributed by atoms with Gasteiger partial charge in [-0.2, -0.15) is 0 Å². The Labute approximate surface area is 115 Å². The summed E-state index contributed by atoms with van der Waals surface area (Å²) in [6.45, 7) is 1.03. The van der Waals surface area contributed by atoms with Crippen molar-refractivity contribution in [2.24, 2.45) is 4.99 Å². The molecule has 19 heavy (non-hydrogen) atoms. The van der Waals surface area contributed by atoms with Crippen LogP contribution in [-0.2, 0) is 0 Å². The third-order valence-electron chi connectivity index (χ3n) is 3.52. The highest BCUT2D eigenvalue weighted by molar-refractivity contribution is 8.14. The summed E-state index contributed by atoms with van der Waals surface area (Å²) in [5.41, 5.74) is 1.01. The quantitative estimate of drug-likeness (QED) is 0.842. The summed E-state index contributed by atoms with van der Waals surface area (Å²) in [7, 11) is 0. The van der Waals surface area contributed by atoms with E-state index in [0.29, 0.717) is 0 Å². The van der Waals surface area contributed by atoms with E-state index >= 15 is 0 Å². The second-order valence-corrected chi connectivity index (χ2v) is 5.68. The van der Waals surface area contributed by atoms with Crippen molar-refractivity contribution in [2.75, 3.05) is 12.3 Å². The van der Waals surface area contributed by atoms with Crippen molar-refractivity contribution >= 4 is 16.9 Å². The van der Waals surface area contributed by atoms with Crippen molar-refractivity contribution in [1.82, 2.24) is 9.88 Å². The van der Waals surface area contributed by atoms with Crippen molar-refractivity contribution in [1.29, 1.82) is 0 Å². The van der Waals surface area contributed by atoms with E-state index < -0.39 is 0 Å². The van der Waals surface area contributed by atoms with Crippen LogP contribution in [0.5, 0.6) is 0 Å². The summed E-state index contributed by atoms with van der Waals surface area (Å²) in [4.78, 5) is 11.6. The molecule has 0 radical (unpaired) electrons. The number of aliphatic imine (C=N–C) groups is 1. The van der Waals surface area contributed by atoms with E-state index in [9.17, 15) is 0 Å².